The van der Waals surface area contributed by atoms with Gasteiger partial charge in [-0.15, -0.1) is 11.3 Å². The first-order chi connectivity index (χ1) is 11.6. The highest BCUT2D eigenvalue weighted by atomic mass is 32.1. The summed E-state index contributed by atoms with van der Waals surface area (Å²) in [5.41, 5.74) is 2.11. The number of aryl methyl sites for hydroxylation is 3. The number of carbonyl (C=O) groups is 1. The van der Waals surface area contributed by atoms with E-state index in [2.05, 4.69) is 15.3 Å². The molecular weight excluding hydrogens is 325 g/mol. The minimum Gasteiger partial charge on any atom is -0.321 e. The van der Waals surface area contributed by atoms with E-state index in [1.807, 2.05) is 18.2 Å². The van der Waals surface area contributed by atoms with E-state index in [0.29, 0.717) is 16.3 Å². The van der Waals surface area contributed by atoms with Gasteiger partial charge in [0.15, 0.2) is 0 Å². The van der Waals surface area contributed by atoms with Crippen LogP contribution in [0, 0.1) is 12.7 Å². The summed E-state index contributed by atoms with van der Waals surface area (Å²) in [6.07, 6.45) is 3.27. The molecule has 0 aliphatic heterocycles. The van der Waals surface area contributed by atoms with Crippen molar-refractivity contribution in [2.24, 2.45) is 0 Å². The Bertz CT molecular complexity index is 848. The second-order valence-corrected chi connectivity index (χ2v) is 6.39. The summed E-state index contributed by atoms with van der Waals surface area (Å²) in [6, 6.07) is 11.6. The SMILES string of the molecule is Cc1nc(CCc2ccccn2)sc1C(=O)Nc1cccc(F)c1. The third-order valence-electron chi connectivity index (χ3n) is 3.45. The van der Waals surface area contributed by atoms with Crippen molar-refractivity contribution in [1.29, 1.82) is 0 Å². The van der Waals surface area contributed by atoms with Gasteiger partial charge in [-0.2, -0.15) is 0 Å². The van der Waals surface area contributed by atoms with Crippen molar-refractivity contribution in [3.63, 3.8) is 0 Å². The largest absolute Gasteiger partial charge is 0.321 e. The van der Waals surface area contributed by atoms with Crippen LogP contribution in [0.5, 0.6) is 0 Å². The molecule has 0 fully saturated rings. The van der Waals surface area contributed by atoms with Crippen molar-refractivity contribution in [2.75, 3.05) is 5.32 Å². The Morgan fingerprint density at radius 3 is 2.83 bits per heavy atom. The van der Waals surface area contributed by atoms with Crippen molar-refractivity contribution >= 4 is 22.9 Å². The molecule has 0 bridgehead atoms. The fraction of sp³-hybridized carbons (Fsp3) is 0.167. The topological polar surface area (TPSA) is 54.9 Å². The number of benzene rings is 1. The van der Waals surface area contributed by atoms with E-state index in [9.17, 15) is 9.18 Å². The fourth-order valence-corrected chi connectivity index (χ4v) is 3.26. The van der Waals surface area contributed by atoms with E-state index in [1.165, 1.54) is 23.5 Å². The lowest BCUT2D eigenvalue weighted by Gasteiger charge is -2.03. The third kappa shape index (κ3) is 4.02. The minimum atomic E-state index is -0.384. The van der Waals surface area contributed by atoms with E-state index in [1.54, 1.807) is 25.3 Å². The number of nitrogens with one attached hydrogen (secondary N) is 1. The normalized spacial score (nSPS) is 10.6. The molecule has 2 aromatic heterocycles. The van der Waals surface area contributed by atoms with Gasteiger partial charge in [0.2, 0.25) is 0 Å². The van der Waals surface area contributed by atoms with E-state index >= 15 is 0 Å². The Balaban J connectivity index is 1.68. The molecule has 3 aromatic rings. The zero-order valence-corrected chi connectivity index (χ0v) is 13.9. The van der Waals surface area contributed by atoms with Crippen LogP contribution in [-0.2, 0) is 12.8 Å². The van der Waals surface area contributed by atoms with E-state index < -0.39 is 0 Å². The number of pyridine rings is 1. The molecule has 0 unspecified atom stereocenters. The van der Waals surface area contributed by atoms with Crippen molar-refractivity contribution in [2.45, 2.75) is 19.8 Å². The Morgan fingerprint density at radius 2 is 2.08 bits per heavy atom. The van der Waals surface area contributed by atoms with Crippen LogP contribution in [-0.4, -0.2) is 15.9 Å². The molecule has 122 valence electrons. The number of rotatable bonds is 5. The zero-order valence-electron chi connectivity index (χ0n) is 13.1. The predicted octanol–water partition coefficient (Wildman–Crippen LogP) is 4.02. The first kappa shape index (κ1) is 16.3. The summed E-state index contributed by atoms with van der Waals surface area (Å²) in [5, 5.41) is 3.60. The molecule has 1 aromatic carbocycles. The zero-order chi connectivity index (χ0) is 16.9. The molecule has 2 heterocycles. The molecule has 6 heteroatoms. The molecule has 4 nitrogen and oxygen atoms in total. The molecule has 0 saturated heterocycles. The second-order valence-electron chi connectivity index (χ2n) is 5.31. The van der Waals surface area contributed by atoms with E-state index in [4.69, 9.17) is 0 Å². The van der Waals surface area contributed by atoms with Crippen LogP contribution in [0.15, 0.2) is 48.7 Å². The maximum Gasteiger partial charge on any atom is 0.267 e. The van der Waals surface area contributed by atoms with Crippen molar-refractivity contribution in [3.8, 4) is 0 Å². The molecule has 24 heavy (non-hydrogen) atoms. The van der Waals surface area contributed by atoms with Crippen LogP contribution in [0.3, 0.4) is 0 Å². The van der Waals surface area contributed by atoms with Gasteiger partial charge in [-0.1, -0.05) is 12.1 Å². The lowest BCUT2D eigenvalue weighted by Crippen LogP contribution is -2.11. The highest BCUT2D eigenvalue weighted by molar-refractivity contribution is 7.13. The molecule has 0 saturated carbocycles. The van der Waals surface area contributed by atoms with Crippen LogP contribution in [0.1, 0.15) is 26.1 Å². The number of aromatic nitrogens is 2. The predicted molar refractivity (Wildman–Crippen MR) is 92.8 cm³/mol. The first-order valence-electron chi connectivity index (χ1n) is 7.55. The lowest BCUT2D eigenvalue weighted by molar-refractivity contribution is 0.103. The molecule has 1 N–H and O–H groups in total. The minimum absolute atomic E-state index is 0.264. The molecule has 0 aliphatic rings. The van der Waals surface area contributed by atoms with Crippen LogP contribution in [0.25, 0.3) is 0 Å². The Hall–Kier alpha value is -2.60. The second kappa shape index (κ2) is 7.31. The quantitative estimate of drug-likeness (QED) is 0.762. The number of hydrogen-bond acceptors (Lipinski definition) is 4. The highest BCUT2D eigenvalue weighted by Crippen LogP contribution is 2.21. The first-order valence-corrected chi connectivity index (χ1v) is 8.36. The molecule has 0 aliphatic carbocycles. The summed E-state index contributed by atoms with van der Waals surface area (Å²) < 4.78 is 13.2. The smallest absolute Gasteiger partial charge is 0.267 e. The highest BCUT2D eigenvalue weighted by Gasteiger charge is 2.15. The maximum absolute atomic E-state index is 13.2. The molecule has 1 amide bonds. The number of amides is 1. The Labute approximate surface area is 143 Å². The van der Waals surface area contributed by atoms with E-state index in [0.717, 1.165) is 23.5 Å². The van der Waals surface area contributed by atoms with E-state index in [-0.39, 0.29) is 11.7 Å². The number of halogens is 1. The molecular formula is C18H16FN3OS. The summed E-state index contributed by atoms with van der Waals surface area (Å²) in [4.78, 5) is 21.7. The van der Waals surface area contributed by atoms with Crippen molar-refractivity contribution in [1.82, 2.24) is 9.97 Å². The summed E-state index contributed by atoms with van der Waals surface area (Å²) in [6.45, 7) is 1.81. The van der Waals surface area contributed by atoms with Gasteiger partial charge < -0.3 is 5.32 Å². The van der Waals surface area contributed by atoms with Crippen LogP contribution in [0.4, 0.5) is 10.1 Å². The van der Waals surface area contributed by atoms with Gasteiger partial charge in [0.25, 0.3) is 5.91 Å². The molecule has 3 rings (SSSR count). The van der Waals surface area contributed by atoms with Gasteiger partial charge in [0.05, 0.1) is 10.7 Å². The third-order valence-corrected chi connectivity index (χ3v) is 4.67. The van der Waals surface area contributed by atoms with Gasteiger partial charge in [-0.05, 0) is 43.7 Å². The van der Waals surface area contributed by atoms with Crippen LogP contribution in [0.2, 0.25) is 0 Å². The number of thiazole rings is 1. The number of hydrogen-bond donors (Lipinski definition) is 1. The van der Waals surface area contributed by atoms with Gasteiger partial charge >= 0.3 is 0 Å². The van der Waals surface area contributed by atoms with Gasteiger partial charge in [-0.25, -0.2) is 9.37 Å². The fourth-order valence-electron chi connectivity index (χ4n) is 2.31. The molecule has 0 radical (unpaired) electrons. The Kier molecular flexibility index (Phi) is 4.96. The number of carbonyl (C=O) groups excluding carboxylic acids is 1. The maximum atomic E-state index is 13.2. The Morgan fingerprint density at radius 1 is 1.21 bits per heavy atom. The van der Waals surface area contributed by atoms with Gasteiger partial charge in [0.1, 0.15) is 10.7 Å². The molecule has 0 spiro atoms. The van der Waals surface area contributed by atoms with Gasteiger partial charge in [0, 0.05) is 24.0 Å². The average molecular weight is 341 g/mol. The van der Waals surface area contributed by atoms with Crippen molar-refractivity contribution < 1.29 is 9.18 Å². The summed E-state index contributed by atoms with van der Waals surface area (Å²) in [7, 11) is 0. The summed E-state index contributed by atoms with van der Waals surface area (Å²) in [5.74, 6) is -0.649. The van der Waals surface area contributed by atoms with Crippen molar-refractivity contribution in [3.05, 3.63) is 75.8 Å². The molecule has 0 atom stereocenters. The monoisotopic (exact) mass is 341 g/mol. The number of nitrogens with zero attached hydrogens (tertiary/aromatic N) is 2. The standard InChI is InChI=1S/C18H16FN3OS/c1-12-17(18(23)22-15-7-4-5-13(19)11-15)24-16(21-12)9-8-14-6-2-3-10-20-14/h2-7,10-11H,8-9H2,1H3,(H,22,23). The van der Waals surface area contributed by atoms with Crippen LogP contribution >= 0.6 is 11.3 Å². The summed E-state index contributed by atoms with van der Waals surface area (Å²) >= 11 is 1.37. The number of anilines is 1. The van der Waals surface area contributed by atoms with Gasteiger partial charge in [-0.3, -0.25) is 9.78 Å². The average Bonchev–Trinajstić information content (AvgIpc) is 2.95. The lowest BCUT2D eigenvalue weighted by atomic mass is 10.2. The van der Waals surface area contributed by atoms with Crippen LogP contribution < -0.4 is 5.32 Å².